The molecule has 15 heavy (non-hydrogen) atoms. The standard InChI is InChI=1S/C12H28N2O/c1-5-12(3,11-13)14(6-2)9-7-8-10-15-4/h5-11,13H2,1-4H3. The van der Waals surface area contributed by atoms with Crippen LogP contribution in [-0.4, -0.2) is 43.8 Å². The van der Waals surface area contributed by atoms with Crippen LogP contribution in [0, 0.1) is 0 Å². The molecule has 0 aromatic carbocycles. The van der Waals surface area contributed by atoms with Gasteiger partial charge in [-0.3, -0.25) is 4.90 Å². The monoisotopic (exact) mass is 216 g/mol. The van der Waals surface area contributed by atoms with Crippen molar-refractivity contribution in [1.82, 2.24) is 4.90 Å². The molecule has 0 saturated heterocycles. The number of rotatable bonds is 9. The van der Waals surface area contributed by atoms with Gasteiger partial charge in [0.05, 0.1) is 0 Å². The molecule has 0 radical (unpaired) electrons. The highest BCUT2D eigenvalue weighted by atomic mass is 16.5. The van der Waals surface area contributed by atoms with E-state index >= 15 is 0 Å². The fraction of sp³-hybridized carbons (Fsp3) is 1.00. The van der Waals surface area contributed by atoms with Crippen LogP contribution in [0.4, 0.5) is 0 Å². The quantitative estimate of drug-likeness (QED) is 0.598. The summed E-state index contributed by atoms with van der Waals surface area (Å²) in [4.78, 5) is 2.49. The smallest absolute Gasteiger partial charge is 0.0462 e. The van der Waals surface area contributed by atoms with Gasteiger partial charge in [0.2, 0.25) is 0 Å². The van der Waals surface area contributed by atoms with E-state index in [1.165, 1.54) is 6.42 Å². The molecule has 0 aromatic rings. The minimum absolute atomic E-state index is 0.168. The van der Waals surface area contributed by atoms with E-state index in [0.717, 1.165) is 39.1 Å². The predicted octanol–water partition coefficient (Wildman–Crippen LogP) is 1.86. The Morgan fingerprint density at radius 1 is 1.27 bits per heavy atom. The maximum atomic E-state index is 5.86. The molecular weight excluding hydrogens is 188 g/mol. The molecule has 0 aliphatic heterocycles. The molecule has 2 N–H and O–H groups in total. The molecule has 0 spiro atoms. The highest BCUT2D eigenvalue weighted by molar-refractivity contribution is 4.85. The van der Waals surface area contributed by atoms with Crippen LogP contribution < -0.4 is 5.73 Å². The summed E-state index contributed by atoms with van der Waals surface area (Å²) in [6.45, 7) is 10.5. The van der Waals surface area contributed by atoms with Gasteiger partial charge in [0, 0.05) is 25.8 Å². The second-order valence-electron chi connectivity index (χ2n) is 4.33. The first-order chi connectivity index (χ1) is 7.14. The van der Waals surface area contributed by atoms with Gasteiger partial charge in [-0.1, -0.05) is 13.8 Å². The van der Waals surface area contributed by atoms with Crippen LogP contribution >= 0.6 is 0 Å². The zero-order valence-corrected chi connectivity index (χ0v) is 10.9. The second kappa shape index (κ2) is 8.08. The molecule has 0 heterocycles. The van der Waals surface area contributed by atoms with Crippen molar-refractivity contribution in [2.24, 2.45) is 5.73 Å². The summed E-state index contributed by atoms with van der Waals surface area (Å²) in [5, 5.41) is 0. The molecule has 1 unspecified atom stereocenters. The average molecular weight is 216 g/mol. The van der Waals surface area contributed by atoms with Crippen molar-refractivity contribution in [3.63, 3.8) is 0 Å². The molecule has 1 atom stereocenters. The molecule has 92 valence electrons. The fourth-order valence-electron chi connectivity index (χ4n) is 1.86. The minimum Gasteiger partial charge on any atom is -0.385 e. The first kappa shape index (κ1) is 14.9. The topological polar surface area (TPSA) is 38.5 Å². The summed E-state index contributed by atoms with van der Waals surface area (Å²) in [6, 6.07) is 0. The number of likely N-dealkylation sites (N-methyl/N-ethyl adjacent to an activating group) is 1. The SMILES string of the molecule is CCN(CCCCOC)C(C)(CC)CN. The number of nitrogens with two attached hydrogens (primary N) is 1. The second-order valence-corrected chi connectivity index (χ2v) is 4.33. The van der Waals surface area contributed by atoms with Crippen LogP contribution in [0.25, 0.3) is 0 Å². The molecule has 0 rings (SSSR count). The van der Waals surface area contributed by atoms with Gasteiger partial charge in [-0.05, 0) is 39.3 Å². The third kappa shape index (κ3) is 4.96. The minimum atomic E-state index is 0.168. The Morgan fingerprint density at radius 2 is 1.93 bits per heavy atom. The lowest BCUT2D eigenvalue weighted by Crippen LogP contribution is -2.51. The summed E-state index contributed by atoms with van der Waals surface area (Å²) < 4.78 is 5.05. The van der Waals surface area contributed by atoms with Crippen molar-refractivity contribution < 1.29 is 4.74 Å². The van der Waals surface area contributed by atoms with Crippen molar-refractivity contribution in [2.45, 2.75) is 45.6 Å². The van der Waals surface area contributed by atoms with Gasteiger partial charge in [0.25, 0.3) is 0 Å². The first-order valence-electron chi connectivity index (χ1n) is 6.08. The molecule has 0 aliphatic carbocycles. The molecule has 0 aliphatic rings. The summed E-state index contributed by atoms with van der Waals surface area (Å²) in [5.41, 5.74) is 6.03. The van der Waals surface area contributed by atoms with Crippen LogP contribution in [0.5, 0.6) is 0 Å². The van der Waals surface area contributed by atoms with Gasteiger partial charge in [0.15, 0.2) is 0 Å². The molecule has 3 heteroatoms. The zero-order valence-electron chi connectivity index (χ0n) is 10.9. The summed E-state index contributed by atoms with van der Waals surface area (Å²) in [5.74, 6) is 0. The van der Waals surface area contributed by atoms with Gasteiger partial charge >= 0.3 is 0 Å². The highest BCUT2D eigenvalue weighted by Gasteiger charge is 2.26. The Balaban J connectivity index is 3.99. The van der Waals surface area contributed by atoms with Crippen molar-refractivity contribution in [3.8, 4) is 0 Å². The van der Waals surface area contributed by atoms with E-state index < -0.39 is 0 Å². The van der Waals surface area contributed by atoms with Crippen molar-refractivity contribution >= 4 is 0 Å². The lowest BCUT2D eigenvalue weighted by atomic mass is 9.96. The van der Waals surface area contributed by atoms with Crippen LogP contribution in [0.2, 0.25) is 0 Å². The number of methoxy groups -OCH3 is 1. The van der Waals surface area contributed by atoms with Gasteiger partial charge < -0.3 is 10.5 Å². The average Bonchev–Trinajstić information content (AvgIpc) is 2.28. The molecule has 0 saturated carbocycles. The molecule has 0 amide bonds. The lowest BCUT2D eigenvalue weighted by molar-refractivity contribution is 0.105. The van der Waals surface area contributed by atoms with Crippen molar-refractivity contribution in [2.75, 3.05) is 33.4 Å². The maximum absolute atomic E-state index is 5.86. The Morgan fingerprint density at radius 3 is 2.33 bits per heavy atom. The van der Waals surface area contributed by atoms with E-state index in [4.69, 9.17) is 10.5 Å². The van der Waals surface area contributed by atoms with Crippen LogP contribution in [-0.2, 0) is 4.74 Å². The fourth-order valence-corrected chi connectivity index (χ4v) is 1.86. The lowest BCUT2D eigenvalue weighted by Gasteiger charge is -2.39. The number of ether oxygens (including phenoxy) is 1. The molecule has 3 nitrogen and oxygen atoms in total. The number of unbranched alkanes of at least 4 members (excludes halogenated alkanes) is 1. The molecular formula is C12H28N2O. The van der Waals surface area contributed by atoms with Gasteiger partial charge in [0.1, 0.15) is 0 Å². The summed E-state index contributed by atoms with van der Waals surface area (Å²) >= 11 is 0. The van der Waals surface area contributed by atoms with Crippen LogP contribution in [0.1, 0.15) is 40.0 Å². The third-order valence-electron chi connectivity index (χ3n) is 3.37. The highest BCUT2D eigenvalue weighted by Crippen LogP contribution is 2.18. The Kier molecular flexibility index (Phi) is 8.02. The normalized spacial score (nSPS) is 15.6. The van der Waals surface area contributed by atoms with Gasteiger partial charge in [-0.25, -0.2) is 0 Å². The van der Waals surface area contributed by atoms with E-state index in [2.05, 4.69) is 25.7 Å². The molecule has 0 bridgehead atoms. The van der Waals surface area contributed by atoms with Crippen molar-refractivity contribution in [3.05, 3.63) is 0 Å². The Labute approximate surface area is 95.0 Å². The summed E-state index contributed by atoms with van der Waals surface area (Å²) in [6.07, 6.45) is 3.44. The zero-order chi connectivity index (χ0) is 11.7. The predicted molar refractivity (Wildman–Crippen MR) is 66.1 cm³/mol. The van der Waals surface area contributed by atoms with Gasteiger partial charge in [-0.2, -0.15) is 0 Å². The number of hydrogen-bond donors (Lipinski definition) is 1. The van der Waals surface area contributed by atoms with E-state index in [1.807, 2.05) is 0 Å². The van der Waals surface area contributed by atoms with E-state index in [0.29, 0.717) is 0 Å². The third-order valence-corrected chi connectivity index (χ3v) is 3.37. The van der Waals surface area contributed by atoms with E-state index in [-0.39, 0.29) is 5.54 Å². The van der Waals surface area contributed by atoms with Gasteiger partial charge in [-0.15, -0.1) is 0 Å². The largest absolute Gasteiger partial charge is 0.385 e. The first-order valence-corrected chi connectivity index (χ1v) is 6.08. The van der Waals surface area contributed by atoms with E-state index in [9.17, 15) is 0 Å². The molecule has 0 aromatic heterocycles. The van der Waals surface area contributed by atoms with E-state index in [1.54, 1.807) is 7.11 Å². The van der Waals surface area contributed by atoms with Crippen LogP contribution in [0.3, 0.4) is 0 Å². The Hall–Kier alpha value is -0.120. The summed E-state index contributed by atoms with van der Waals surface area (Å²) in [7, 11) is 1.76. The number of hydrogen-bond acceptors (Lipinski definition) is 3. The maximum Gasteiger partial charge on any atom is 0.0462 e. The molecule has 0 fully saturated rings. The van der Waals surface area contributed by atoms with Crippen molar-refractivity contribution in [1.29, 1.82) is 0 Å². The van der Waals surface area contributed by atoms with Crippen LogP contribution in [0.15, 0.2) is 0 Å². The number of nitrogens with zero attached hydrogens (tertiary/aromatic N) is 1. The Bertz CT molecular complexity index is 147.